The van der Waals surface area contributed by atoms with Gasteiger partial charge in [0.2, 0.25) is 0 Å². The number of nitrogens with zero attached hydrogens (tertiary/aromatic N) is 2. The zero-order valence-electron chi connectivity index (χ0n) is 10.4. The van der Waals surface area contributed by atoms with Crippen LogP contribution in [0.3, 0.4) is 0 Å². The predicted octanol–water partition coefficient (Wildman–Crippen LogP) is 4.98. The van der Waals surface area contributed by atoms with Crippen molar-refractivity contribution < 1.29 is 0 Å². The second-order valence-corrected chi connectivity index (χ2v) is 6.35. The van der Waals surface area contributed by atoms with E-state index in [4.69, 9.17) is 11.6 Å². The zero-order chi connectivity index (χ0) is 13.8. The molecule has 0 saturated heterocycles. The molecule has 2 nitrogen and oxygen atoms in total. The second-order valence-electron chi connectivity index (χ2n) is 4.25. The van der Waals surface area contributed by atoms with Crippen LogP contribution in [0, 0.1) is 0 Å². The summed E-state index contributed by atoms with van der Waals surface area (Å²) < 4.78 is 2.03. The van der Waals surface area contributed by atoms with Gasteiger partial charge in [-0.15, -0.1) is 11.6 Å². The normalized spacial score (nSPS) is 10.5. The number of hydrogen-bond acceptors (Lipinski definition) is 2. The predicted molar refractivity (Wildman–Crippen MR) is 87.7 cm³/mol. The average Bonchev–Trinajstić information content (AvgIpc) is 2.41. The highest BCUT2D eigenvalue weighted by molar-refractivity contribution is 9.10. The molecule has 100 valence electrons. The SMILES string of the molecule is CN(Cc1ccc(Br)cc1)c1ncc(Br)cc1CCl. The lowest BCUT2D eigenvalue weighted by molar-refractivity contribution is 0.888. The number of benzene rings is 1. The number of halogens is 3. The Labute approximate surface area is 135 Å². The molecule has 0 aliphatic carbocycles. The fraction of sp³-hybridized carbons (Fsp3) is 0.214. The minimum absolute atomic E-state index is 0.451. The maximum atomic E-state index is 5.98. The van der Waals surface area contributed by atoms with Crippen LogP contribution < -0.4 is 4.90 Å². The molecule has 0 N–H and O–H groups in total. The first-order valence-corrected chi connectivity index (χ1v) is 7.88. The van der Waals surface area contributed by atoms with Crippen LogP contribution >= 0.6 is 43.5 Å². The van der Waals surface area contributed by atoms with E-state index in [1.54, 1.807) is 6.20 Å². The highest BCUT2D eigenvalue weighted by Crippen LogP contribution is 2.24. The number of pyridine rings is 1. The van der Waals surface area contributed by atoms with Crippen LogP contribution in [0.25, 0.3) is 0 Å². The van der Waals surface area contributed by atoms with Gasteiger partial charge in [-0.25, -0.2) is 4.98 Å². The Kier molecular flexibility index (Phi) is 5.25. The Morgan fingerprint density at radius 3 is 2.47 bits per heavy atom. The van der Waals surface area contributed by atoms with Gasteiger partial charge in [-0.05, 0) is 39.7 Å². The lowest BCUT2D eigenvalue weighted by Gasteiger charge is -2.21. The van der Waals surface area contributed by atoms with Gasteiger partial charge in [0, 0.05) is 34.3 Å². The average molecular weight is 405 g/mol. The molecule has 0 unspecified atom stereocenters. The van der Waals surface area contributed by atoms with Gasteiger partial charge in [0.05, 0.1) is 5.88 Å². The molecule has 0 atom stereocenters. The summed E-state index contributed by atoms with van der Waals surface area (Å²) in [6.45, 7) is 0.797. The number of anilines is 1. The van der Waals surface area contributed by atoms with E-state index in [0.717, 1.165) is 26.9 Å². The summed E-state index contributed by atoms with van der Waals surface area (Å²) >= 11 is 12.8. The molecule has 5 heteroatoms. The van der Waals surface area contributed by atoms with Crippen molar-refractivity contribution in [3.8, 4) is 0 Å². The quantitative estimate of drug-likeness (QED) is 0.668. The smallest absolute Gasteiger partial charge is 0.133 e. The van der Waals surface area contributed by atoms with Gasteiger partial charge in [0.15, 0.2) is 0 Å². The van der Waals surface area contributed by atoms with E-state index < -0.39 is 0 Å². The van der Waals surface area contributed by atoms with Crippen molar-refractivity contribution in [2.45, 2.75) is 12.4 Å². The van der Waals surface area contributed by atoms with E-state index in [0.29, 0.717) is 5.88 Å². The van der Waals surface area contributed by atoms with Crippen LogP contribution in [0.1, 0.15) is 11.1 Å². The molecule has 1 aromatic heterocycles. The first-order chi connectivity index (χ1) is 9.10. The molecule has 2 rings (SSSR count). The summed E-state index contributed by atoms with van der Waals surface area (Å²) in [5, 5.41) is 0. The fourth-order valence-electron chi connectivity index (χ4n) is 1.85. The van der Waals surface area contributed by atoms with Gasteiger partial charge in [-0.2, -0.15) is 0 Å². The van der Waals surface area contributed by atoms with E-state index in [-0.39, 0.29) is 0 Å². The van der Waals surface area contributed by atoms with Crippen molar-refractivity contribution in [2.75, 3.05) is 11.9 Å². The maximum Gasteiger partial charge on any atom is 0.133 e. The number of hydrogen-bond donors (Lipinski definition) is 0. The van der Waals surface area contributed by atoms with Gasteiger partial charge in [0.25, 0.3) is 0 Å². The highest BCUT2D eigenvalue weighted by atomic mass is 79.9. The molecule has 0 bridgehead atoms. The number of rotatable bonds is 4. The van der Waals surface area contributed by atoms with Crippen LogP contribution in [0.15, 0.2) is 45.5 Å². The molecule has 0 saturated carbocycles. The zero-order valence-corrected chi connectivity index (χ0v) is 14.3. The lowest BCUT2D eigenvalue weighted by atomic mass is 10.2. The first kappa shape index (κ1) is 14.8. The summed E-state index contributed by atoms with van der Waals surface area (Å²) in [7, 11) is 2.02. The third kappa shape index (κ3) is 3.94. The molecular weight excluding hydrogens is 391 g/mol. The van der Waals surface area contributed by atoms with Crippen molar-refractivity contribution in [1.29, 1.82) is 0 Å². The van der Waals surface area contributed by atoms with Crippen molar-refractivity contribution in [3.63, 3.8) is 0 Å². The summed E-state index contributed by atoms with van der Waals surface area (Å²) in [4.78, 5) is 6.55. The molecule has 19 heavy (non-hydrogen) atoms. The Hall–Kier alpha value is -0.580. The van der Waals surface area contributed by atoms with E-state index >= 15 is 0 Å². The Balaban J connectivity index is 2.19. The van der Waals surface area contributed by atoms with Crippen LogP contribution in [-0.2, 0) is 12.4 Å². The minimum Gasteiger partial charge on any atom is -0.355 e. The second kappa shape index (κ2) is 6.73. The molecule has 2 aromatic rings. The van der Waals surface area contributed by atoms with Crippen molar-refractivity contribution >= 4 is 49.3 Å². The van der Waals surface area contributed by atoms with E-state index in [9.17, 15) is 0 Å². The molecular formula is C14H13Br2ClN2. The Bertz CT molecular complexity index is 558. The summed E-state index contributed by atoms with van der Waals surface area (Å²) in [5.41, 5.74) is 2.26. The van der Waals surface area contributed by atoms with E-state index in [2.05, 4.69) is 53.9 Å². The maximum absolute atomic E-state index is 5.98. The molecule has 1 heterocycles. The fourth-order valence-corrected chi connectivity index (χ4v) is 2.69. The van der Waals surface area contributed by atoms with Gasteiger partial charge < -0.3 is 4.90 Å². The van der Waals surface area contributed by atoms with Gasteiger partial charge >= 0.3 is 0 Å². The van der Waals surface area contributed by atoms with E-state index in [1.165, 1.54) is 5.56 Å². The van der Waals surface area contributed by atoms with Crippen molar-refractivity contribution in [2.24, 2.45) is 0 Å². The molecule has 0 radical (unpaired) electrons. The number of aromatic nitrogens is 1. The first-order valence-electron chi connectivity index (χ1n) is 5.76. The van der Waals surface area contributed by atoms with Crippen LogP contribution in [0.5, 0.6) is 0 Å². The largest absolute Gasteiger partial charge is 0.355 e. The highest BCUT2D eigenvalue weighted by Gasteiger charge is 2.09. The third-order valence-electron chi connectivity index (χ3n) is 2.75. The lowest BCUT2D eigenvalue weighted by Crippen LogP contribution is -2.19. The monoisotopic (exact) mass is 402 g/mol. The molecule has 0 amide bonds. The molecule has 0 aliphatic heterocycles. The Morgan fingerprint density at radius 1 is 1.16 bits per heavy atom. The molecule has 0 fully saturated rings. The van der Waals surface area contributed by atoms with Gasteiger partial charge in [-0.3, -0.25) is 0 Å². The number of alkyl halides is 1. The molecule has 0 spiro atoms. The topological polar surface area (TPSA) is 16.1 Å². The van der Waals surface area contributed by atoms with Crippen LogP contribution in [0.4, 0.5) is 5.82 Å². The molecule has 1 aromatic carbocycles. The van der Waals surface area contributed by atoms with Crippen molar-refractivity contribution in [3.05, 3.63) is 56.6 Å². The standard InChI is InChI=1S/C14H13Br2ClN2/c1-19(9-10-2-4-12(15)5-3-10)14-11(7-17)6-13(16)8-18-14/h2-6,8H,7,9H2,1H3. The minimum atomic E-state index is 0.451. The van der Waals surface area contributed by atoms with E-state index in [1.807, 2.05) is 25.2 Å². The van der Waals surface area contributed by atoms with Crippen LogP contribution in [0.2, 0.25) is 0 Å². The molecule has 0 aliphatic rings. The van der Waals surface area contributed by atoms with Crippen molar-refractivity contribution in [1.82, 2.24) is 4.98 Å². The third-order valence-corrected chi connectivity index (χ3v) is 4.00. The van der Waals surface area contributed by atoms with Crippen LogP contribution in [-0.4, -0.2) is 12.0 Å². The summed E-state index contributed by atoms with van der Waals surface area (Å²) in [6.07, 6.45) is 1.80. The Morgan fingerprint density at radius 2 is 1.84 bits per heavy atom. The summed E-state index contributed by atoms with van der Waals surface area (Å²) in [5.74, 6) is 1.37. The van der Waals surface area contributed by atoms with Gasteiger partial charge in [0.1, 0.15) is 5.82 Å². The van der Waals surface area contributed by atoms with Gasteiger partial charge in [-0.1, -0.05) is 28.1 Å². The summed E-state index contributed by atoms with van der Waals surface area (Å²) in [6, 6.07) is 10.3.